The van der Waals surface area contributed by atoms with Crippen molar-refractivity contribution >= 4 is 28.8 Å². The number of carbonyl (C=O) groups is 3. The van der Waals surface area contributed by atoms with Gasteiger partial charge in [-0.25, -0.2) is 4.68 Å². The van der Waals surface area contributed by atoms with Crippen molar-refractivity contribution in [1.29, 1.82) is 0 Å². The molecule has 2 amide bonds. The number of hydrogen-bond donors (Lipinski definition) is 1. The van der Waals surface area contributed by atoms with Crippen molar-refractivity contribution < 1.29 is 29.0 Å². The summed E-state index contributed by atoms with van der Waals surface area (Å²) in [5.74, 6) is -3.27. The van der Waals surface area contributed by atoms with Crippen molar-refractivity contribution in [3.63, 3.8) is 0 Å². The van der Waals surface area contributed by atoms with Gasteiger partial charge in [-0.1, -0.05) is 50.3 Å². The number of esters is 1. The standard InChI is InChI=1S/C33H45N5O6/c1-7-9-10-13-17-43-31(42)27-26-29(40)38(25(19-39)21(3)4)28(33(26)18-22(5)32(27,6)44-33)30(41)36(16-8-2)20-37-24-15-12-11-14-23(24)34-35-37/h7-8,11-12,14-15,21-22,25-28,39H,1-2,9-10,13,16-20H2,3-6H3/t22?,25-,26-,27-,28?,32+,33?/m0/s1. The van der Waals surface area contributed by atoms with Gasteiger partial charge < -0.3 is 24.4 Å². The lowest BCUT2D eigenvalue weighted by Gasteiger charge is -2.40. The van der Waals surface area contributed by atoms with Gasteiger partial charge in [-0.15, -0.1) is 18.3 Å². The highest BCUT2D eigenvalue weighted by molar-refractivity contribution is 5.99. The third-order valence-electron chi connectivity index (χ3n) is 9.99. The molecule has 3 saturated heterocycles. The second-order valence-corrected chi connectivity index (χ2v) is 13.0. The Bertz CT molecular complexity index is 1420. The highest BCUT2D eigenvalue weighted by atomic mass is 16.6. The SMILES string of the molecule is C=CCCCCOC(=O)[C@@H]1[C@H]2C(=O)N([C@@H](CO)C(C)C)C(C(=O)N(CC=C)Cn3nnc4ccccc43)C23CC(C)[C@@]1(C)O3. The van der Waals surface area contributed by atoms with Crippen molar-refractivity contribution in [2.45, 2.75) is 83.3 Å². The van der Waals surface area contributed by atoms with E-state index in [-0.39, 0.29) is 50.1 Å². The zero-order valence-corrected chi connectivity index (χ0v) is 26.2. The molecule has 1 N–H and O–H groups in total. The van der Waals surface area contributed by atoms with Gasteiger partial charge in [0.25, 0.3) is 0 Å². The number of unbranched alkanes of at least 4 members (excludes halogenated alkanes) is 2. The van der Waals surface area contributed by atoms with Crippen molar-refractivity contribution in [3.05, 3.63) is 49.6 Å². The van der Waals surface area contributed by atoms with Crippen LogP contribution in [0.5, 0.6) is 0 Å². The second kappa shape index (κ2) is 12.4. The van der Waals surface area contributed by atoms with Gasteiger partial charge in [-0.2, -0.15) is 0 Å². The Morgan fingerprint density at radius 2 is 2.00 bits per heavy atom. The quantitative estimate of drug-likeness (QED) is 0.197. The number of aliphatic hydroxyl groups is 1. The number of aliphatic hydroxyl groups excluding tert-OH is 1. The smallest absolute Gasteiger partial charge is 0.312 e. The summed E-state index contributed by atoms with van der Waals surface area (Å²) < 4.78 is 14.2. The number of rotatable bonds is 14. The minimum absolute atomic E-state index is 0.0686. The maximum absolute atomic E-state index is 14.8. The molecule has 1 aromatic carbocycles. The Labute approximate surface area is 258 Å². The first-order valence-corrected chi connectivity index (χ1v) is 15.6. The molecule has 238 valence electrons. The van der Waals surface area contributed by atoms with Crippen molar-refractivity contribution in [3.8, 4) is 0 Å². The molecule has 1 spiro atoms. The van der Waals surface area contributed by atoms with Crippen LogP contribution in [0.15, 0.2) is 49.6 Å². The highest BCUT2D eigenvalue weighted by Crippen LogP contribution is 2.65. The van der Waals surface area contributed by atoms with Gasteiger partial charge in [0.1, 0.15) is 29.7 Å². The highest BCUT2D eigenvalue weighted by Gasteiger charge is 2.80. The van der Waals surface area contributed by atoms with Gasteiger partial charge in [0, 0.05) is 6.54 Å². The van der Waals surface area contributed by atoms with Crippen LogP contribution in [0.3, 0.4) is 0 Å². The summed E-state index contributed by atoms with van der Waals surface area (Å²) in [6, 6.07) is 5.75. The third-order valence-corrected chi connectivity index (χ3v) is 9.99. The summed E-state index contributed by atoms with van der Waals surface area (Å²) in [5, 5.41) is 19.0. The van der Waals surface area contributed by atoms with Crippen LogP contribution >= 0.6 is 0 Å². The summed E-state index contributed by atoms with van der Waals surface area (Å²) in [6.07, 6.45) is 6.22. The molecule has 7 atom stereocenters. The monoisotopic (exact) mass is 607 g/mol. The minimum Gasteiger partial charge on any atom is -0.465 e. The Morgan fingerprint density at radius 1 is 1.25 bits per heavy atom. The molecule has 11 heteroatoms. The molecule has 0 aliphatic carbocycles. The van der Waals surface area contributed by atoms with Gasteiger partial charge in [-0.3, -0.25) is 14.4 Å². The van der Waals surface area contributed by atoms with Crippen molar-refractivity contribution in [2.24, 2.45) is 23.7 Å². The lowest BCUT2D eigenvalue weighted by atomic mass is 9.62. The number of amides is 2. The van der Waals surface area contributed by atoms with Crippen molar-refractivity contribution in [2.75, 3.05) is 19.8 Å². The van der Waals surface area contributed by atoms with E-state index in [0.29, 0.717) is 18.4 Å². The Kier molecular flexibility index (Phi) is 9.00. The average Bonchev–Trinajstić information content (AvgIpc) is 3.66. The number of nitrogens with zero attached hydrogens (tertiary/aromatic N) is 5. The summed E-state index contributed by atoms with van der Waals surface area (Å²) >= 11 is 0. The average molecular weight is 608 g/mol. The van der Waals surface area contributed by atoms with E-state index in [1.807, 2.05) is 58.0 Å². The molecule has 0 saturated carbocycles. The Balaban J connectivity index is 1.54. The lowest BCUT2D eigenvalue weighted by molar-refractivity contribution is -0.164. The fraction of sp³-hybridized carbons (Fsp3) is 0.606. The molecule has 3 aliphatic heterocycles. The number of aromatic nitrogens is 3. The molecule has 2 bridgehead atoms. The van der Waals surface area contributed by atoms with Gasteiger partial charge in [0.15, 0.2) is 0 Å². The molecule has 44 heavy (non-hydrogen) atoms. The molecular formula is C33H45N5O6. The molecule has 3 aliphatic rings. The fourth-order valence-electron chi connectivity index (χ4n) is 7.67. The maximum atomic E-state index is 14.8. The number of carbonyl (C=O) groups excluding carboxylic acids is 3. The van der Waals surface area contributed by atoms with E-state index >= 15 is 0 Å². The van der Waals surface area contributed by atoms with Crippen LogP contribution in [-0.4, -0.2) is 90.7 Å². The fourth-order valence-corrected chi connectivity index (χ4v) is 7.67. The number of benzene rings is 1. The Morgan fingerprint density at radius 3 is 2.68 bits per heavy atom. The molecule has 11 nitrogen and oxygen atoms in total. The number of allylic oxidation sites excluding steroid dienone is 1. The van der Waals surface area contributed by atoms with Gasteiger partial charge in [0.2, 0.25) is 11.8 Å². The van der Waals surface area contributed by atoms with E-state index in [9.17, 15) is 19.5 Å². The number of para-hydroxylation sites is 1. The van der Waals surface area contributed by atoms with E-state index < -0.39 is 41.1 Å². The number of fused-ring (bicyclic) bond motifs is 2. The van der Waals surface area contributed by atoms with E-state index in [2.05, 4.69) is 23.5 Å². The van der Waals surface area contributed by atoms with E-state index in [0.717, 1.165) is 18.4 Å². The van der Waals surface area contributed by atoms with Crippen molar-refractivity contribution in [1.82, 2.24) is 24.8 Å². The predicted octanol–water partition coefficient (Wildman–Crippen LogP) is 3.33. The third kappa shape index (κ3) is 5.03. The molecule has 3 unspecified atom stereocenters. The molecule has 1 aromatic heterocycles. The van der Waals surface area contributed by atoms with Crippen LogP contribution < -0.4 is 0 Å². The molecule has 3 fully saturated rings. The first-order valence-electron chi connectivity index (χ1n) is 15.6. The summed E-state index contributed by atoms with van der Waals surface area (Å²) in [5.41, 5.74) is -0.794. The first kappa shape index (κ1) is 31.8. The summed E-state index contributed by atoms with van der Waals surface area (Å²) in [7, 11) is 0. The zero-order chi connectivity index (χ0) is 31.8. The first-order chi connectivity index (χ1) is 21.0. The molecular weight excluding hydrogens is 562 g/mol. The van der Waals surface area contributed by atoms with E-state index in [1.165, 1.54) is 4.90 Å². The number of likely N-dealkylation sites (tertiary alicyclic amines) is 1. The Hall–Kier alpha value is -3.57. The molecule has 5 rings (SSSR count). The van der Waals surface area contributed by atoms with Crippen LogP contribution in [0.2, 0.25) is 0 Å². The normalized spacial score (nSPS) is 29.7. The van der Waals surface area contributed by atoms with Crippen LogP contribution in [-0.2, 0) is 30.5 Å². The minimum atomic E-state index is -1.26. The number of hydrogen-bond acceptors (Lipinski definition) is 8. The molecule has 4 heterocycles. The lowest BCUT2D eigenvalue weighted by Crippen LogP contribution is -2.60. The van der Waals surface area contributed by atoms with Gasteiger partial charge in [-0.05, 0) is 56.6 Å². The second-order valence-electron chi connectivity index (χ2n) is 13.0. The predicted molar refractivity (Wildman–Crippen MR) is 164 cm³/mol. The summed E-state index contributed by atoms with van der Waals surface area (Å²) in [4.78, 5) is 46.2. The van der Waals surface area contributed by atoms with Crippen LogP contribution in [0.25, 0.3) is 11.0 Å². The van der Waals surface area contributed by atoms with Gasteiger partial charge in [0.05, 0.1) is 36.3 Å². The zero-order valence-electron chi connectivity index (χ0n) is 26.2. The topological polar surface area (TPSA) is 127 Å². The van der Waals surface area contributed by atoms with Crippen LogP contribution in [0, 0.1) is 23.7 Å². The van der Waals surface area contributed by atoms with Crippen LogP contribution in [0.4, 0.5) is 0 Å². The summed E-state index contributed by atoms with van der Waals surface area (Å²) in [6.45, 7) is 15.4. The van der Waals surface area contributed by atoms with E-state index in [1.54, 1.807) is 15.7 Å². The largest absolute Gasteiger partial charge is 0.465 e. The van der Waals surface area contributed by atoms with Gasteiger partial charge >= 0.3 is 5.97 Å². The molecule has 2 aromatic rings. The molecule has 0 radical (unpaired) electrons. The van der Waals surface area contributed by atoms with E-state index in [4.69, 9.17) is 9.47 Å². The van der Waals surface area contributed by atoms with Crippen LogP contribution in [0.1, 0.15) is 53.4 Å². The maximum Gasteiger partial charge on any atom is 0.312 e. The number of ether oxygens (including phenoxy) is 2.